The zero-order valence-electron chi connectivity index (χ0n) is 28.6. The molecular formula is C38H24O. The van der Waals surface area contributed by atoms with Crippen molar-refractivity contribution >= 4 is 43.5 Å². The fourth-order valence-electron chi connectivity index (χ4n) is 5.54. The lowest BCUT2D eigenvalue weighted by atomic mass is 9.86. The van der Waals surface area contributed by atoms with Crippen molar-refractivity contribution in [3.63, 3.8) is 0 Å². The Hall–Kier alpha value is -5.14. The van der Waals surface area contributed by atoms with Gasteiger partial charge in [0.05, 0.1) is 11.0 Å². The van der Waals surface area contributed by atoms with E-state index in [1.165, 1.54) is 0 Å². The average molecular weight is 505 g/mol. The molecule has 0 atom stereocenters. The average Bonchev–Trinajstić information content (AvgIpc) is 3.48. The van der Waals surface area contributed by atoms with Crippen molar-refractivity contribution in [2.24, 2.45) is 0 Å². The largest absolute Gasteiger partial charge is 0.456 e. The van der Waals surface area contributed by atoms with Gasteiger partial charge in [0, 0.05) is 10.8 Å². The monoisotopic (exact) mass is 504 g/mol. The molecule has 1 heterocycles. The minimum absolute atomic E-state index is 0.200. The molecule has 8 rings (SSSR count). The molecule has 0 amide bonds. The van der Waals surface area contributed by atoms with Crippen LogP contribution in [-0.4, -0.2) is 0 Å². The van der Waals surface area contributed by atoms with E-state index < -0.39 is 24.2 Å². The molecule has 0 aliphatic rings. The number of para-hydroxylation sites is 1. The first kappa shape index (κ1) is 15.3. The third-order valence-electron chi connectivity index (χ3n) is 7.32. The Bertz CT molecular complexity index is 2510. The zero-order valence-corrected chi connectivity index (χ0v) is 20.6. The van der Waals surface area contributed by atoms with Crippen LogP contribution in [0.15, 0.2) is 150 Å². The fourth-order valence-corrected chi connectivity index (χ4v) is 5.54. The Morgan fingerprint density at radius 2 is 0.872 bits per heavy atom. The van der Waals surface area contributed by atoms with Gasteiger partial charge in [-0.05, 0) is 73.1 Å². The first-order valence-electron chi connectivity index (χ1n) is 16.7. The number of hydrogen-bond acceptors (Lipinski definition) is 1. The molecule has 0 aliphatic carbocycles. The maximum Gasteiger partial charge on any atom is 0.135 e. The number of fused-ring (bicyclic) bond motifs is 5. The van der Waals surface area contributed by atoms with Crippen LogP contribution in [0.5, 0.6) is 0 Å². The summed E-state index contributed by atoms with van der Waals surface area (Å²) < 4.78 is 76.5. The van der Waals surface area contributed by atoms with Crippen LogP contribution in [0.25, 0.3) is 76.9 Å². The highest BCUT2D eigenvalue weighted by Gasteiger charge is 2.16. The number of furan rings is 1. The Balaban J connectivity index is 1.47. The normalized spacial score (nSPS) is 14.5. The number of hydrogen-bond donors (Lipinski definition) is 0. The smallest absolute Gasteiger partial charge is 0.135 e. The standard InChI is InChI=1S/C38H24O/c1-2-10-26(11-3-1)37-30-13-4-6-15-32(30)38(33-16-7-5-14-31(33)37)27-20-18-25(19-21-27)28-22-23-36-34(24-28)29-12-8-9-17-35(29)39-36/h1-24H/i4D,5D,6D,7D,13D,14D,15D,16D. The Labute approximate surface area is 237 Å². The van der Waals surface area contributed by atoms with Crippen molar-refractivity contribution in [2.75, 3.05) is 0 Å². The minimum atomic E-state index is -0.416. The molecule has 0 N–H and O–H groups in total. The second-order valence-electron chi connectivity index (χ2n) is 9.50. The van der Waals surface area contributed by atoms with Gasteiger partial charge in [0.15, 0.2) is 0 Å². The van der Waals surface area contributed by atoms with Crippen LogP contribution in [0.3, 0.4) is 0 Å². The van der Waals surface area contributed by atoms with Crippen molar-refractivity contribution < 1.29 is 15.4 Å². The molecule has 0 bridgehead atoms. The third kappa shape index (κ3) is 3.48. The van der Waals surface area contributed by atoms with Gasteiger partial charge >= 0.3 is 0 Å². The Morgan fingerprint density at radius 3 is 1.51 bits per heavy atom. The van der Waals surface area contributed by atoms with Crippen molar-refractivity contribution in [3.8, 4) is 33.4 Å². The second-order valence-corrected chi connectivity index (χ2v) is 9.50. The lowest BCUT2D eigenvalue weighted by Crippen LogP contribution is -1.90. The van der Waals surface area contributed by atoms with E-state index in [1.54, 1.807) is 24.3 Å². The highest BCUT2D eigenvalue weighted by Crippen LogP contribution is 2.44. The maximum absolute atomic E-state index is 9.08. The van der Waals surface area contributed by atoms with E-state index in [2.05, 4.69) is 6.07 Å². The summed E-state index contributed by atoms with van der Waals surface area (Å²) in [6, 6.07) is 27.6. The zero-order chi connectivity index (χ0) is 32.7. The van der Waals surface area contributed by atoms with Crippen LogP contribution in [-0.2, 0) is 0 Å². The molecular weight excluding hydrogens is 472 g/mol. The summed E-state index contributed by atoms with van der Waals surface area (Å²) in [4.78, 5) is 0. The van der Waals surface area contributed by atoms with E-state index in [0.29, 0.717) is 22.3 Å². The number of rotatable bonds is 3. The lowest BCUT2D eigenvalue weighted by Gasteiger charge is -2.18. The van der Waals surface area contributed by atoms with E-state index in [0.717, 1.165) is 33.1 Å². The molecule has 0 unspecified atom stereocenters. The van der Waals surface area contributed by atoms with Crippen LogP contribution in [0, 0.1) is 0 Å². The van der Waals surface area contributed by atoms with E-state index in [9.17, 15) is 0 Å². The quantitative estimate of drug-likeness (QED) is 0.218. The van der Waals surface area contributed by atoms with Gasteiger partial charge in [-0.1, -0.05) is 127 Å². The van der Waals surface area contributed by atoms with Gasteiger partial charge in [-0.3, -0.25) is 0 Å². The Kier molecular flexibility index (Phi) is 3.42. The highest BCUT2D eigenvalue weighted by atomic mass is 16.3. The van der Waals surface area contributed by atoms with Gasteiger partial charge < -0.3 is 4.42 Å². The predicted octanol–water partition coefficient (Wildman–Crippen LogP) is 10.9. The molecule has 0 spiro atoms. The summed E-state index contributed by atoms with van der Waals surface area (Å²) in [5, 5.41) is 2.81. The maximum atomic E-state index is 9.08. The SMILES string of the molecule is [2H]c1c([2H])c([2H])c2c(-c3ccc(-c4ccc5oc6ccccc6c5c4)cc3)c3c([2H])c([2H])c([2H])c([2H])c3c(-c3ccccc3)c2c1[2H]. The van der Waals surface area contributed by atoms with E-state index in [-0.39, 0.29) is 45.7 Å². The van der Waals surface area contributed by atoms with Crippen LogP contribution >= 0.6 is 0 Å². The lowest BCUT2D eigenvalue weighted by molar-refractivity contribution is 0.669. The summed E-state index contributed by atoms with van der Waals surface area (Å²) >= 11 is 0. The molecule has 1 heteroatoms. The minimum Gasteiger partial charge on any atom is -0.456 e. The second kappa shape index (κ2) is 8.72. The summed E-state index contributed by atoms with van der Waals surface area (Å²) in [7, 11) is 0. The molecule has 8 aromatic rings. The third-order valence-corrected chi connectivity index (χ3v) is 7.32. The molecule has 0 aliphatic heterocycles. The van der Waals surface area contributed by atoms with Gasteiger partial charge in [-0.25, -0.2) is 0 Å². The topological polar surface area (TPSA) is 13.1 Å². The van der Waals surface area contributed by atoms with Crippen LogP contribution in [0.1, 0.15) is 11.0 Å². The molecule has 0 fully saturated rings. The predicted molar refractivity (Wildman–Crippen MR) is 165 cm³/mol. The van der Waals surface area contributed by atoms with Crippen LogP contribution < -0.4 is 0 Å². The summed E-state index contributed by atoms with van der Waals surface area (Å²) in [6.45, 7) is 0. The molecule has 39 heavy (non-hydrogen) atoms. The highest BCUT2D eigenvalue weighted by molar-refractivity contribution is 6.21. The number of benzene rings is 7. The van der Waals surface area contributed by atoms with Crippen molar-refractivity contribution in [3.05, 3.63) is 145 Å². The summed E-state index contributed by atoms with van der Waals surface area (Å²) in [6.07, 6.45) is 0. The van der Waals surface area contributed by atoms with Gasteiger partial charge in [0.25, 0.3) is 0 Å². The van der Waals surface area contributed by atoms with Crippen molar-refractivity contribution in [1.29, 1.82) is 0 Å². The van der Waals surface area contributed by atoms with Crippen molar-refractivity contribution in [1.82, 2.24) is 0 Å². The Morgan fingerprint density at radius 1 is 0.385 bits per heavy atom. The molecule has 0 saturated heterocycles. The molecule has 0 saturated carbocycles. The van der Waals surface area contributed by atoms with E-state index >= 15 is 0 Å². The van der Waals surface area contributed by atoms with Gasteiger partial charge in [-0.2, -0.15) is 0 Å². The van der Waals surface area contributed by atoms with Crippen molar-refractivity contribution in [2.45, 2.75) is 0 Å². The van der Waals surface area contributed by atoms with Crippen LogP contribution in [0.2, 0.25) is 0 Å². The van der Waals surface area contributed by atoms with E-state index in [1.807, 2.05) is 66.7 Å². The summed E-state index contributed by atoms with van der Waals surface area (Å²) in [5.74, 6) is 0. The summed E-state index contributed by atoms with van der Waals surface area (Å²) in [5.41, 5.74) is 5.27. The molecule has 7 aromatic carbocycles. The van der Waals surface area contributed by atoms with Crippen LogP contribution in [0.4, 0.5) is 0 Å². The molecule has 1 aromatic heterocycles. The molecule has 182 valence electrons. The van der Waals surface area contributed by atoms with E-state index in [4.69, 9.17) is 15.4 Å². The van der Waals surface area contributed by atoms with Gasteiger partial charge in [0.2, 0.25) is 0 Å². The first-order valence-corrected chi connectivity index (χ1v) is 12.7. The van der Waals surface area contributed by atoms with Gasteiger partial charge in [0.1, 0.15) is 11.2 Å². The molecule has 0 radical (unpaired) electrons. The van der Waals surface area contributed by atoms with Gasteiger partial charge in [-0.15, -0.1) is 0 Å². The molecule has 1 nitrogen and oxygen atoms in total. The fraction of sp³-hybridized carbons (Fsp3) is 0. The first-order chi connectivity index (χ1) is 22.7.